The van der Waals surface area contributed by atoms with E-state index >= 15 is 0 Å². The van der Waals surface area contributed by atoms with Gasteiger partial charge in [0.15, 0.2) is 5.82 Å². The van der Waals surface area contributed by atoms with E-state index in [2.05, 4.69) is 15.4 Å². The molecule has 1 aliphatic rings. The van der Waals surface area contributed by atoms with Crippen LogP contribution in [0.15, 0.2) is 29.4 Å². The van der Waals surface area contributed by atoms with Gasteiger partial charge in [-0.1, -0.05) is 33.8 Å². The Labute approximate surface area is 195 Å². The van der Waals surface area contributed by atoms with Gasteiger partial charge < -0.3 is 16.0 Å². The molecule has 0 saturated carbocycles. The van der Waals surface area contributed by atoms with Gasteiger partial charge in [-0.3, -0.25) is 14.5 Å². The lowest BCUT2D eigenvalue weighted by molar-refractivity contribution is -0.129. The Bertz CT molecular complexity index is 982. The van der Waals surface area contributed by atoms with E-state index in [-0.39, 0.29) is 11.5 Å². The first-order valence-electron chi connectivity index (χ1n) is 11.2. The average molecular weight is 463 g/mol. The summed E-state index contributed by atoms with van der Waals surface area (Å²) in [4.78, 5) is 17.4. The number of fused-ring (bicyclic) bond motifs is 1. The van der Waals surface area contributed by atoms with Gasteiger partial charge >= 0.3 is 0 Å². The molecule has 1 aromatic carbocycles. The van der Waals surface area contributed by atoms with Crippen molar-refractivity contribution in [1.29, 1.82) is 0 Å². The van der Waals surface area contributed by atoms with Crippen molar-refractivity contribution in [2.45, 2.75) is 54.0 Å². The van der Waals surface area contributed by atoms with Crippen molar-refractivity contribution in [3.8, 4) is 0 Å². The van der Waals surface area contributed by atoms with Crippen molar-refractivity contribution in [3.63, 3.8) is 0 Å². The van der Waals surface area contributed by atoms with E-state index in [1.807, 2.05) is 34.7 Å². The van der Waals surface area contributed by atoms with E-state index in [9.17, 15) is 13.6 Å². The summed E-state index contributed by atoms with van der Waals surface area (Å²) in [6.45, 7) is 10.6. The molecule has 7 nitrogen and oxygen atoms in total. The first-order chi connectivity index (χ1) is 15.8. The molecule has 33 heavy (non-hydrogen) atoms. The number of nitrogens with zero attached hydrogens (tertiary/aromatic N) is 4. The van der Waals surface area contributed by atoms with Crippen LogP contribution in [-0.2, 0) is 24.8 Å². The number of aliphatic imine (C=N–C) groups is 1. The van der Waals surface area contributed by atoms with Gasteiger partial charge in [0.2, 0.25) is 5.91 Å². The standard InChI is InChI=1S/C20H24F2N6O.2C2H6/c1-12(29)28-7-6-18-17(11-28)20(26-27(18)3)25-14-4-5-15(13(9-23)10-24-2)16(8-14)19(21)22;2*1-2/h4-5,8-10,19H,6-7,11,23H2,1-3H3,(H,25,26);2*1-2H3/b13-9+,24-10?;;. The summed E-state index contributed by atoms with van der Waals surface area (Å²) in [5.74, 6) is 0.555. The van der Waals surface area contributed by atoms with Crippen molar-refractivity contribution in [1.82, 2.24) is 14.7 Å². The second-order valence-corrected chi connectivity index (χ2v) is 6.83. The predicted octanol–water partition coefficient (Wildman–Crippen LogP) is 5.06. The van der Waals surface area contributed by atoms with Gasteiger partial charge in [0.05, 0.1) is 6.54 Å². The molecule has 1 amide bonds. The maximum Gasteiger partial charge on any atom is 0.264 e. The first kappa shape index (κ1) is 27.8. The minimum Gasteiger partial charge on any atom is -0.404 e. The van der Waals surface area contributed by atoms with Crippen LogP contribution in [0.1, 0.15) is 63.4 Å². The zero-order chi connectivity index (χ0) is 25.1. The van der Waals surface area contributed by atoms with Gasteiger partial charge in [0.1, 0.15) is 0 Å². The summed E-state index contributed by atoms with van der Waals surface area (Å²) in [5, 5.41) is 7.62. The fourth-order valence-corrected chi connectivity index (χ4v) is 3.52. The van der Waals surface area contributed by atoms with Crippen LogP contribution in [0.5, 0.6) is 0 Å². The Morgan fingerprint density at radius 3 is 2.48 bits per heavy atom. The number of alkyl halides is 2. The van der Waals surface area contributed by atoms with Crippen LogP contribution in [0.4, 0.5) is 20.3 Å². The van der Waals surface area contributed by atoms with Crippen LogP contribution < -0.4 is 11.1 Å². The number of nitrogens with one attached hydrogen (secondary N) is 1. The number of anilines is 2. The molecule has 2 aromatic rings. The minimum absolute atomic E-state index is 0.00604. The molecule has 0 aliphatic carbocycles. The highest BCUT2D eigenvalue weighted by Gasteiger charge is 2.25. The van der Waals surface area contributed by atoms with Gasteiger partial charge in [0, 0.05) is 74.5 Å². The molecule has 182 valence electrons. The molecule has 0 fully saturated rings. The Morgan fingerprint density at radius 1 is 1.27 bits per heavy atom. The van der Waals surface area contributed by atoms with E-state index < -0.39 is 6.43 Å². The fourth-order valence-electron chi connectivity index (χ4n) is 3.52. The third-order valence-electron chi connectivity index (χ3n) is 5.00. The molecule has 9 heteroatoms. The number of allylic oxidation sites excluding steroid dienone is 1. The minimum atomic E-state index is -2.68. The zero-order valence-corrected chi connectivity index (χ0v) is 20.6. The second kappa shape index (κ2) is 13.3. The molecule has 1 aromatic heterocycles. The topological polar surface area (TPSA) is 88.5 Å². The number of carbonyl (C=O) groups excluding carboxylic acids is 1. The van der Waals surface area contributed by atoms with Crippen LogP contribution >= 0.6 is 0 Å². The molecule has 0 saturated heterocycles. The number of carbonyl (C=O) groups is 1. The SMILES string of the molecule is CC.CC.CN=C/C(=C\N)c1ccc(Nc2nn(C)c3c2CN(C(C)=O)CC3)cc1C(F)F. The number of nitrogens with two attached hydrogens (primary N) is 1. The number of hydrogen-bond donors (Lipinski definition) is 2. The Balaban J connectivity index is 0.00000129. The number of rotatable bonds is 5. The summed E-state index contributed by atoms with van der Waals surface area (Å²) >= 11 is 0. The molecule has 1 aliphatic heterocycles. The number of amides is 1. The largest absolute Gasteiger partial charge is 0.404 e. The fraction of sp³-hybridized carbons (Fsp3) is 0.458. The number of hydrogen-bond acceptors (Lipinski definition) is 5. The third kappa shape index (κ3) is 6.63. The monoisotopic (exact) mass is 462 g/mol. The van der Waals surface area contributed by atoms with Crippen LogP contribution in [0.3, 0.4) is 0 Å². The van der Waals surface area contributed by atoms with Gasteiger partial charge in [-0.05, 0) is 17.7 Å². The first-order valence-corrected chi connectivity index (χ1v) is 11.2. The normalized spacial score (nSPS) is 13.2. The predicted molar refractivity (Wildman–Crippen MR) is 132 cm³/mol. The van der Waals surface area contributed by atoms with Crippen LogP contribution in [-0.4, -0.2) is 40.4 Å². The van der Waals surface area contributed by atoms with E-state index in [0.29, 0.717) is 42.2 Å². The lowest BCUT2D eigenvalue weighted by Gasteiger charge is -2.26. The maximum atomic E-state index is 13.7. The summed E-state index contributed by atoms with van der Waals surface area (Å²) in [6.07, 6.45) is 0.715. The Kier molecular flexibility index (Phi) is 11.2. The number of benzene rings is 1. The van der Waals surface area contributed by atoms with Crippen LogP contribution in [0.25, 0.3) is 5.57 Å². The Morgan fingerprint density at radius 2 is 1.94 bits per heavy atom. The molecule has 3 rings (SSSR count). The van der Waals surface area contributed by atoms with Crippen molar-refractivity contribution >= 4 is 29.2 Å². The van der Waals surface area contributed by atoms with Gasteiger partial charge in [-0.15, -0.1) is 0 Å². The molecule has 0 radical (unpaired) electrons. The average Bonchev–Trinajstić information content (AvgIpc) is 3.14. The molecule has 0 spiro atoms. The molecule has 0 unspecified atom stereocenters. The zero-order valence-electron chi connectivity index (χ0n) is 20.6. The second-order valence-electron chi connectivity index (χ2n) is 6.83. The lowest BCUT2D eigenvalue weighted by atomic mass is 10.00. The summed E-state index contributed by atoms with van der Waals surface area (Å²) < 4.78 is 29.2. The van der Waals surface area contributed by atoms with Crippen LogP contribution in [0.2, 0.25) is 0 Å². The highest BCUT2D eigenvalue weighted by atomic mass is 19.3. The van der Waals surface area contributed by atoms with Crippen molar-refractivity contribution < 1.29 is 13.6 Å². The van der Waals surface area contributed by atoms with Crippen LogP contribution in [0, 0.1) is 0 Å². The quantitative estimate of drug-likeness (QED) is 0.608. The van der Waals surface area contributed by atoms with Crippen molar-refractivity contribution in [2.75, 3.05) is 18.9 Å². The van der Waals surface area contributed by atoms with E-state index in [1.54, 1.807) is 28.8 Å². The lowest BCUT2D eigenvalue weighted by Crippen LogP contribution is -2.34. The number of halogens is 2. The molecule has 2 heterocycles. The van der Waals surface area contributed by atoms with E-state index in [0.717, 1.165) is 11.3 Å². The van der Waals surface area contributed by atoms with Crippen molar-refractivity contribution in [2.24, 2.45) is 17.8 Å². The van der Waals surface area contributed by atoms with Gasteiger partial charge in [-0.25, -0.2) is 8.78 Å². The smallest absolute Gasteiger partial charge is 0.264 e. The van der Waals surface area contributed by atoms with Gasteiger partial charge in [0.25, 0.3) is 6.43 Å². The van der Waals surface area contributed by atoms with Gasteiger partial charge in [-0.2, -0.15) is 5.10 Å². The molecule has 0 bridgehead atoms. The number of aromatic nitrogens is 2. The highest BCUT2D eigenvalue weighted by molar-refractivity contribution is 6.10. The molecule has 0 atom stereocenters. The van der Waals surface area contributed by atoms with E-state index in [4.69, 9.17) is 5.73 Å². The number of aryl methyl sites for hydroxylation is 1. The Hall–Kier alpha value is -3.23. The van der Waals surface area contributed by atoms with Crippen molar-refractivity contribution in [3.05, 3.63) is 46.8 Å². The van der Waals surface area contributed by atoms with E-state index in [1.165, 1.54) is 25.4 Å². The highest BCUT2D eigenvalue weighted by Crippen LogP contribution is 2.33. The molecular formula is C24H36F2N6O. The molecular weight excluding hydrogens is 426 g/mol. The summed E-state index contributed by atoms with van der Waals surface area (Å²) in [5.41, 5.74) is 8.58. The third-order valence-corrected chi connectivity index (χ3v) is 5.00. The molecule has 3 N–H and O–H groups in total. The maximum absolute atomic E-state index is 13.7. The summed E-state index contributed by atoms with van der Waals surface area (Å²) in [7, 11) is 3.39. The summed E-state index contributed by atoms with van der Waals surface area (Å²) in [6, 6.07) is 4.67.